The Morgan fingerprint density at radius 3 is 2.48 bits per heavy atom. The van der Waals surface area contributed by atoms with Crippen molar-refractivity contribution < 1.29 is 14.4 Å². The molecule has 1 N–H and O–H groups in total. The van der Waals surface area contributed by atoms with E-state index in [2.05, 4.69) is 15.4 Å². The molecule has 2 aliphatic rings. The number of likely N-dealkylation sites (tertiary alicyclic amines) is 1. The summed E-state index contributed by atoms with van der Waals surface area (Å²) in [5.74, 6) is -0.607. The van der Waals surface area contributed by atoms with Gasteiger partial charge in [0, 0.05) is 25.1 Å². The minimum absolute atomic E-state index is 0.157. The van der Waals surface area contributed by atoms with Crippen molar-refractivity contribution in [1.29, 1.82) is 0 Å². The van der Waals surface area contributed by atoms with Crippen molar-refractivity contribution in [1.82, 2.24) is 25.0 Å². The lowest BCUT2D eigenvalue weighted by Gasteiger charge is -2.27. The highest BCUT2D eigenvalue weighted by molar-refractivity contribution is 6.08. The third kappa shape index (κ3) is 4.28. The molecule has 0 aromatic carbocycles. The molecular formula is C23H27N5O3. The molecule has 8 nitrogen and oxygen atoms in total. The molecule has 162 valence electrons. The second-order valence-corrected chi connectivity index (χ2v) is 8.54. The molecule has 0 spiro atoms. The van der Waals surface area contributed by atoms with Crippen LogP contribution in [0.2, 0.25) is 0 Å². The van der Waals surface area contributed by atoms with Gasteiger partial charge in [-0.1, -0.05) is 26.0 Å². The van der Waals surface area contributed by atoms with Gasteiger partial charge in [-0.15, -0.1) is 0 Å². The maximum absolute atomic E-state index is 13.1. The number of carbonyl (C=O) groups excluding carboxylic acids is 3. The molecule has 4 rings (SSSR count). The van der Waals surface area contributed by atoms with E-state index >= 15 is 0 Å². The lowest BCUT2D eigenvalue weighted by atomic mass is 9.85. The Bertz CT molecular complexity index is 972. The average Bonchev–Trinajstić information content (AvgIpc) is 3.39. The molecule has 0 radical (unpaired) electrons. The van der Waals surface area contributed by atoms with E-state index in [-0.39, 0.29) is 42.0 Å². The van der Waals surface area contributed by atoms with Gasteiger partial charge < -0.3 is 5.32 Å². The molecule has 3 unspecified atom stereocenters. The van der Waals surface area contributed by atoms with Crippen LogP contribution in [0.25, 0.3) is 5.82 Å². The molecule has 0 saturated carbocycles. The minimum atomic E-state index is -0.793. The van der Waals surface area contributed by atoms with E-state index in [9.17, 15) is 14.4 Å². The molecule has 2 aromatic heterocycles. The van der Waals surface area contributed by atoms with Crippen LogP contribution in [0.1, 0.15) is 38.7 Å². The summed E-state index contributed by atoms with van der Waals surface area (Å²) >= 11 is 0. The Balaban J connectivity index is 1.49. The molecule has 3 amide bonds. The largest absolute Gasteiger partial charge is 0.350 e. The first-order chi connectivity index (χ1) is 15.0. The number of hydrogen-bond acceptors (Lipinski definition) is 5. The lowest BCUT2D eigenvalue weighted by Crippen LogP contribution is -2.50. The molecule has 1 fully saturated rings. The molecule has 3 atom stereocenters. The van der Waals surface area contributed by atoms with Crippen molar-refractivity contribution in [2.45, 2.75) is 45.7 Å². The Kier molecular flexibility index (Phi) is 5.97. The number of nitrogens with zero attached hydrogens (tertiary/aromatic N) is 4. The quantitative estimate of drug-likeness (QED) is 0.546. The summed E-state index contributed by atoms with van der Waals surface area (Å²) in [6, 6.07) is 4.68. The maximum Gasteiger partial charge on any atom is 0.243 e. The minimum Gasteiger partial charge on any atom is -0.350 e. The normalized spacial score (nSPS) is 21.5. The molecular weight excluding hydrogens is 394 g/mol. The summed E-state index contributed by atoms with van der Waals surface area (Å²) < 4.78 is 1.64. The first kappa shape index (κ1) is 21.0. The number of rotatable bonds is 7. The van der Waals surface area contributed by atoms with Crippen molar-refractivity contribution in [3.8, 4) is 5.82 Å². The van der Waals surface area contributed by atoms with E-state index in [1.165, 1.54) is 4.90 Å². The van der Waals surface area contributed by atoms with Gasteiger partial charge >= 0.3 is 0 Å². The zero-order chi connectivity index (χ0) is 22.0. The number of hydrogen-bond donors (Lipinski definition) is 1. The maximum atomic E-state index is 13.1. The third-order valence-corrected chi connectivity index (χ3v) is 5.87. The van der Waals surface area contributed by atoms with Crippen LogP contribution in [0, 0.1) is 17.8 Å². The number of carbonyl (C=O) groups is 3. The Morgan fingerprint density at radius 2 is 1.87 bits per heavy atom. The van der Waals surface area contributed by atoms with Crippen molar-refractivity contribution in [3.05, 3.63) is 54.5 Å². The third-order valence-electron chi connectivity index (χ3n) is 5.87. The number of allylic oxidation sites excluding steroid dienone is 2. The van der Waals surface area contributed by atoms with Gasteiger partial charge in [-0.05, 0) is 48.9 Å². The summed E-state index contributed by atoms with van der Waals surface area (Å²) in [7, 11) is 0. The van der Waals surface area contributed by atoms with Crippen LogP contribution in [0.5, 0.6) is 0 Å². The number of pyridine rings is 1. The summed E-state index contributed by atoms with van der Waals surface area (Å²) in [4.78, 5) is 44.7. The van der Waals surface area contributed by atoms with Gasteiger partial charge in [0.05, 0.1) is 11.8 Å². The first-order valence-electron chi connectivity index (χ1n) is 10.7. The van der Waals surface area contributed by atoms with Crippen LogP contribution in [0.3, 0.4) is 0 Å². The van der Waals surface area contributed by atoms with Crippen LogP contribution in [-0.2, 0) is 20.9 Å². The van der Waals surface area contributed by atoms with Gasteiger partial charge in [0.2, 0.25) is 17.7 Å². The van der Waals surface area contributed by atoms with E-state index in [4.69, 9.17) is 0 Å². The molecule has 3 heterocycles. The molecule has 0 bridgehead atoms. The molecule has 1 aliphatic carbocycles. The Hall–Kier alpha value is -3.29. The van der Waals surface area contributed by atoms with Gasteiger partial charge in [0.1, 0.15) is 6.04 Å². The first-order valence-corrected chi connectivity index (χ1v) is 10.7. The van der Waals surface area contributed by atoms with E-state index in [0.717, 1.165) is 5.56 Å². The second-order valence-electron chi connectivity index (χ2n) is 8.54. The fraction of sp³-hybridized carbons (Fsp3) is 0.435. The number of nitrogens with one attached hydrogen (secondary N) is 1. The summed E-state index contributed by atoms with van der Waals surface area (Å²) in [5.41, 5.74) is 0.856. The molecule has 2 aromatic rings. The highest BCUT2D eigenvalue weighted by Crippen LogP contribution is 2.37. The van der Waals surface area contributed by atoms with Crippen molar-refractivity contribution in [2.24, 2.45) is 17.8 Å². The fourth-order valence-electron chi connectivity index (χ4n) is 4.32. The summed E-state index contributed by atoms with van der Waals surface area (Å²) in [5, 5.41) is 7.09. The predicted molar refractivity (Wildman–Crippen MR) is 114 cm³/mol. The number of fused-ring (bicyclic) bond motifs is 1. The Labute approximate surface area is 181 Å². The van der Waals surface area contributed by atoms with Crippen LogP contribution in [0.4, 0.5) is 0 Å². The van der Waals surface area contributed by atoms with Gasteiger partial charge in [-0.25, -0.2) is 9.67 Å². The van der Waals surface area contributed by atoms with E-state index in [1.807, 2.05) is 44.2 Å². The highest BCUT2D eigenvalue weighted by Gasteiger charge is 2.51. The standard InChI is InChI=1S/C23H27N5O3/c1-15(2)12-19(28-22(30)17-6-3-4-7-18(17)23(28)31)21(29)25-14-16-8-10-24-20(13-16)27-11-5-9-26-27/h3-5,8-11,13,15,17-19H,6-7,12,14H2,1-2H3,(H,25,29). The van der Waals surface area contributed by atoms with Crippen LogP contribution < -0.4 is 5.32 Å². The molecule has 1 aliphatic heterocycles. The number of amides is 3. The van der Waals surface area contributed by atoms with Crippen molar-refractivity contribution >= 4 is 17.7 Å². The summed E-state index contributed by atoms with van der Waals surface area (Å²) in [6.45, 7) is 4.24. The van der Waals surface area contributed by atoms with Crippen LogP contribution >= 0.6 is 0 Å². The van der Waals surface area contributed by atoms with E-state index < -0.39 is 6.04 Å². The highest BCUT2D eigenvalue weighted by atomic mass is 16.2. The van der Waals surface area contributed by atoms with Gasteiger partial charge in [0.25, 0.3) is 0 Å². The SMILES string of the molecule is CC(C)CC(C(=O)NCc1ccnc(-n2cccn2)c1)N1C(=O)C2CC=CCC2C1=O. The number of aromatic nitrogens is 3. The zero-order valence-electron chi connectivity index (χ0n) is 17.8. The molecule has 1 saturated heterocycles. The predicted octanol–water partition coefficient (Wildman–Crippen LogP) is 2.25. The Morgan fingerprint density at radius 1 is 1.16 bits per heavy atom. The average molecular weight is 422 g/mol. The van der Waals surface area contributed by atoms with Crippen molar-refractivity contribution in [3.63, 3.8) is 0 Å². The summed E-state index contributed by atoms with van der Waals surface area (Å²) in [6.07, 6.45) is 10.6. The van der Waals surface area contributed by atoms with Gasteiger partial charge in [-0.3, -0.25) is 19.3 Å². The van der Waals surface area contributed by atoms with Crippen molar-refractivity contribution in [2.75, 3.05) is 0 Å². The fourth-order valence-corrected chi connectivity index (χ4v) is 4.32. The monoisotopic (exact) mass is 421 g/mol. The van der Waals surface area contributed by atoms with Gasteiger partial charge in [0.15, 0.2) is 5.82 Å². The van der Waals surface area contributed by atoms with Crippen LogP contribution in [0.15, 0.2) is 48.9 Å². The topological polar surface area (TPSA) is 97.2 Å². The molecule has 31 heavy (non-hydrogen) atoms. The van der Waals surface area contributed by atoms with Crippen LogP contribution in [-0.4, -0.2) is 43.4 Å². The number of imide groups is 1. The van der Waals surface area contributed by atoms with Gasteiger partial charge in [-0.2, -0.15) is 5.10 Å². The van der Waals surface area contributed by atoms with E-state index in [0.29, 0.717) is 25.1 Å². The molecule has 8 heteroatoms. The van der Waals surface area contributed by atoms with E-state index in [1.54, 1.807) is 23.3 Å². The smallest absolute Gasteiger partial charge is 0.243 e. The second kappa shape index (κ2) is 8.83. The zero-order valence-corrected chi connectivity index (χ0v) is 17.8. The lowest BCUT2D eigenvalue weighted by molar-refractivity contribution is -0.148.